The monoisotopic (exact) mass is 230 g/mol. The normalized spacial score (nSPS) is 17.5. The lowest BCUT2D eigenvalue weighted by atomic mass is 9.69. The van der Waals surface area contributed by atoms with Crippen molar-refractivity contribution in [2.24, 2.45) is 17.3 Å². The Labute approximate surface area is 99.2 Å². The van der Waals surface area contributed by atoms with Crippen molar-refractivity contribution < 1.29 is 14.6 Å². The number of hydrogen-bond acceptors (Lipinski definition) is 2. The van der Waals surface area contributed by atoms with E-state index in [1.54, 1.807) is 7.11 Å². The Morgan fingerprint density at radius 3 is 2.00 bits per heavy atom. The predicted octanol–water partition coefficient (Wildman–Crippen LogP) is 3.18. The molecule has 0 spiro atoms. The van der Waals surface area contributed by atoms with Crippen LogP contribution in [0.2, 0.25) is 0 Å². The summed E-state index contributed by atoms with van der Waals surface area (Å²) in [5, 5.41) is 9.53. The highest BCUT2D eigenvalue weighted by atomic mass is 16.5. The fourth-order valence-corrected chi connectivity index (χ4v) is 2.23. The van der Waals surface area contributed by atoms with Crippen LogP contribution in [0.1, 0.15) is 47.5 Å². The summed E-state index contributed by atoms with van der Waals surface area (Å²) in [4.78, 5) is 11.6. The average Bonchev–Trinajstić information content (AvgIpc) is 2.16. The summed E-state index contributed by atoms with van der Waals surface area (Å²) in [6, 6.07) is 0. The molecular formula is C13H26O3. The van der Waals surface area contributed by atoms with Crippen molar-refractivity contribution in [3.63, 3.8) is 0 Å². The molecule has 2 unspecified atom stereocenters. The third-order valence-electron chi connectivity index (χ3n) is 3.64. The molecule has 0 aliphatic heterocycles. The molecule has 0 bridgehead atoms. The molecule has 0 aliphatic carbocycles. The molecule has 1 N–H and O–H groups in total. The van der Waals surface area contributed by atoms with Crippen LogP contribution < -0.4 is 0 Å². The SMILES string of the molecule is COC(C)C(CCC(C)C)(C(=O)O)C(C)C. The second-order valence-corrected chi connectivity index (χ2v) is 5.31. The molecule has 3 nitrogen and oxygen atoms in total. The average molecular weight is 230 g/mol. The van der Waals surface area contributed by atoms with E-state index >= 15 is 0 Å². The number of ether oxygens (including phenoxy) is 1. The van der Waals surface area contributed by atoms with E-state index < -0.39 is 11.4 Å². The zero-order valence-corrected chi connectivity index (χ0v) is 11.4. The summed E-state index contributed by atoms with van der Waals surface area (Å²) in [6.07, 6.45) is 1.33. The molecule has 3 heteroatoms. The minimum atomic E-state index is -0.765. The van der Waals surface area contributed by atoms with Gasteiger partial charge < -0.3 is 9.84 Å². The number of carbonyl (C=O) groups is 1. The van der Waals surface area contributed by atoms with Crippen molar-refractivity contribution in [2.45, 2.75) is 53.6 Å². The lowest BCUT2D eigenvalue weighted by molar-refractivity contribution is -0.163. The molecule has 0 fully saturated rings. The first-order chi connectivity index (χ1) is 7.28. The predicted molar refractivity (Wildman–Crippen MR) is 65.4 cm³/mol. The maximum absolute atomic E-state index is 11.6. The summed E-state index contributed by atoms with van der Waals surface area (Å²) < 4.78 is 5.29. The van der Waals surface area contributed by atoms with Crippen LogP contribution in [0.5, 0.6) is 0 Å². The molecule has 2 atom stereocenters. The second kappa shape index (κ2) is 6.24. The third-order valence-corrected chi connectivity index (χ3v) is 3.64. The van der Waals surface area contributed by atoms with E-state index in [-0.39, 0.29) is 12.0 Å². The maximum Gasteiger partial charge on any atom is 0.312 e. The van der Waals surface area contributed by atoms with Gasteiger partial charge in [-0.1, -0.05) is 27.7 Å². The first kappa shape index (κ1) is 15.4. The largest absolute Gasteiger partial charge is 0.481 e. The fourth-order valence-electron chi connectivity index (χ4n) is 2.23. The Kier molecular flexibility index (Phi) is 6.01. The Hall–Kier alpha value is -0.570. The van der Waals surface area contributed by atoms with Gasteiger partial charge in [0.25, 0.3) is 0 Å². The summed E-state index contributed by atoms with van der Waals surface area (Å²) >= 11 is 0. The van der Waals surface area contributed by atoms with Crippen LogP contribution >= 0.6 is 0 Å². The highest BCUT2D eigenvalue weighted by molar-refractivity contribution is 5.75. The van der Waals surface area contributed by atoms with Gasteiger partial charge >= 0.3 is 5.97 Å². The van der Waals surface area contributed by atoms with Crippen molar-refractivity contribution in [1.29, 1.82) is 0 Å². The Bertz CT molecular complexity index is 223. The molecule has 0 radical (unpaired) electrons. The molecule has 0 saturated heterocycles. The zero-order chi connectivity index (χ0) is 12.9. The molecule has 0 saturated carbocycles. The Balaban J connectivity index is 5.03. The molecule has 0 rings (SSSR count). The van der Waals surface area contributed by atoms with Gasteiger partial charge in [0.05, 0.1) is 11.5 Å². The molecule has 0 amide bonds. The molecule has 0 aromatic rings. The molecule has 0 heterocycles. The lowest BCUT2D eigenvalue weighted by Crippen LogP contribution is -2.46. The Morgan fingerprint density at radius 2 is 1.75 bits per heavy atom. The van der Waals surface area contributed by atoms with Crippen LogP contribution in [0.25, 0.3) is 0 Å². The fraction of sp³-hybridized carbons (Fsp3) is 0.923. The number of aliphatic carboxylic acids is 1. The van der Waals surface area contributed by atoms with Crippen LogP contribution in [-0.4, -0.2) is 24.3 Å². The topological polar surface area (TPSA) is 46.5 Å². The van der Waals surface area contributed by atoms with Crippen LogP contribution in [0.15, 0.2) is 0 Å². The highest BCUT2D eigenvalue weighted by Gasteiger charge is 2.46. The van der Waals surface area contributed by atoms with E-state index in [2.05, 4.69) is 13.8 Å². The van der Waals surface area contributed by atoms with E-state index in [1.165, 1.54) is 0 Å². The van der Waals surface area contributed by atoms with Crippen LogP contribution in [0.3, 0.4) is 0 Å². The van der Waals surface area contributed by atoms with E-state index in [4.69, 9.17) is 4.74 Å². The van der Waals surface area contributed by atoms with Gasteiger partial charge in [-0.2, -0.15) is 0 Å². The van der Waals surface area contributed by atoms with Gasteiger partial charge in [0, 0.05) is 7.11 Å². The van der Waals surface area contributed by atoms with Crippen molar-refractivity contribution in [3.8, 4) is 0 Å². The van der Waals surface area contributed by atoms with Crippen molar-refractivity contribution in [3.05, 3.63) is 0 Å². The number of hydrogen-bond donors (Lipinski definition) is 1. The number of carboxylic acids is 1. The van der Waals surface area contributed by atoms with Gasteiger partial charge in [0.15, 0.2) is 0 Å². The number of carboxylic acid groups (broad SMARTS) is 1. The van der Waals surface area contributed by atoms with Gasteiger partial charge in [-0.05, 0) is 31.6 Å². The Morgan fingerprint density at radius 1 is 1.25 bits per heavy atom. The number of methoxy groups -OCH3 is 1. The summed E-state index contributed by atoms with van der Waals surface area (Å²) in [5.41, 5.74) is -0.765. The maximum atomic E-state index is 11.6. The van der Waals surface area contributed by atoms with Crippen molar-refractivity contribution in [1.82, 2.24) is 0 Å². The molecule has 96 valence electrons. The van der Waals surface area contributed by atoms with E-state index in [1.807, 2.05) is 20.8 Å². The summed E-state index contributed by atoms with van der Waals surface area (Å²) in [7, 11) is 1.58. The lowest BCUT2D eigenvalue weighted by Gasteiger charge is -2.38. The van der Waals surface area contributed by atoms with Crippen molar-refractivity contribution in [2.75, 3.05) is 7.11 Å². The smallest absolute Gasteiger partial charge is 0.312 e. The second-order valence-electron chi connectivity index (χ2n) is 5.31. The zero-order valence-electron chi connectivity index (χ0n) is 11.4. The van der Waals surface area contributed by atoms with Gasteiger partial charge in [-0.15, -0.1) is 0 Å². The van der Waals surface area contributed by atoms with Gasteiger partial charge in [-0.25, -0.2) is 0 Å². The van der Waals surface area contributed by atoms with Crippen molar-refractivity contribution >= 4 is 5.97 Å². The molecule has 0 aromatic carbocycles. The standard InChI is InChI=1S/C13H26O3/c1-9(2)7-8-13(10(3)4,12(14)15)11(5)16-6/h9-11H,7-8H2,1-6H3,(H,14,15). The molecule has 16 heavy (non-hydrogen) atoms. The third kappa shape index (κ3) is 3.21. The van der Waals surface area contributed by atoms with Crippen LogP contribution in [0.4, 0.5) is 0 Å². The molecule has 0 aliphatic rings. The highest BCUT2D eigenvalue weighted by Crippen LogP contribution is 2.39. The van der Waals surface area contributed by atoms with Gasteiger partial charge in [0.2, 0.25) is 0 Å². The van der Waals surface area contributed by atoms with Crippen LogP contribution in [0, 0.1) is 17.3 Å². The first-order valence-corrected chi connectivity index (χ1v) is 6.05. The summed E-state index contributed by atoms with van der Waals surface area (Å²) in [6.45, 7) is 10.0. The summed E-state index contributed by atoms with van der Waals surface area (Å²) in [5.74, 6) is -0.155. The molecule has 0 aromatic heterocycles. The van der Waals surface area contributed by atoms with E-state index in [0.717, 1.165) is 6.42 Å². The first-order valence-electron chi connectivity index (χ1n) is 6.05. The van der Waals surface area contributed by atoms with E-state index in [0.29, 0.717) is 12.3 Å². The minimum Gasteiger partial charge on any atom is -0.481 e. The van der Waals surface area contributed by atoms with Gasteiger partial charge in [0.1, 0.15) is 0 Å². The molecular weight excluding hydrogens is 204 g/mol. The quantitative estimate of drug-likeness (QED) is 0.730. The van der Waals surface area contributed by atoms with E-state index in [9.17, 15) is 9.90 Å². The van der Waals surface area contributed by atoms with Crippen LogP contribution in [-0.2, 0) is 9.53 Å². The minimum absolute atomic E-state index is 0.0682. The van der Waals surface area contributed by atoms with Gasteiger partial charge in [-0.3, -0.25) is 4.79 Å². The number of rotatable bonds is 7.